The zero-order valence-electron chi connectivity index (χ0n) is 35.9. The molecule has 2 N–H and O–H groups in total. The second-order valence-corrected chi connectivity index (χ2v) is 18.0. The average Bonchev–Trinajstić information content (AvgIpc) is 3.54. The van der Waals surface area contributed by atoms with Crippen LogP contribution in [0.4, 0.5) is 11.4 Å². The quantitative estimate of drug-likeness (QED) is 0.0405. The van der Waals surface area contributed by atoms with Gasteiger partial charge in [0, 0.05) is 11.1 Å². The summed E-state index contributed by atoms with van der Waals surface area (Å²) in [5.41, 5.74) is 2.29. The molecule has 2 atom stereocenters. The molecular weight excluding hydrogens is 777 g/mol. The Bertz CT molecular complexity index is 2190. The molecule has 0 radical (unpaired) electrons. The van der Waals surface area contributed by atoms with Crippen LogP contribution in [0.15, 0.2) is 99.1 Å². The molecule has 0 bridgehead atoms. The molecule has 322 valence electrons. The second-order valence-electron chi connectivity index (χ2n) is 15.7. The zero-order valence-corrected chi connectivity index (χ0v) is 36.7. The summed E-state index contributed by atoms with van der Waals surface area (Å²) in [6.45, 7) is 7.64. The normalized spacial score (nSPS) is 14.8. The smallest absolute Gasteiger partial charge is 0.280 e. The molecule has 1 heterocycles. The van der Waals surface area contributed by atoms with Crippen LogP contribution in [0.3, 0.4) is 0 Å². The van der Waals surface area contributed by atoms with Crippen LogP contribution >= 0.6 is 0 Å². The van der Waals surface area contributed by atoms with Gasteiger partial charge in [-0.15, -0.1) is 0 Å². The molecule has 4 aromatic rings. The van der Waals surface area contributed by atoms with Gasteiger partial charge in [0.2, 0.25) is 0 Å². The van der Waals surface area contributed by atoms with E-state index in [1.807, 2.05) is 6.07 Å². The summed E-state index contributed by atoms with van der Waals surface area (Å²) in [7, 11) is -2.80. The molecule has 4 aromatic carbocycles. The molecule has 1 amide bonds. The summed E-state index contributed by atoms with van der Waals surface area (Å²) in [5, 5.41) is 35.5. The number of methoxy groups -OCH3 is 1. The van der Waals surface area contributed by atoms with Crippen molar-refractivity contribution in [2.24, 2.45) is 15.3 Å². The third-order valence-electron chi connectivity index (χ3n) is 11.1. The summed E-state index contributed by atoms with van der Waals surface area (Å²) in [4.78, 5) is 13.1. The van der Waals surface area contributed by atoms with E-state index in [0.717, 1.165) is 12.8 Å². The van der Waals surface area contributed by atoms with Gasteiger partial charge >= 0.3 is 0 Å². The number of aromatic hydroxyl groups is 2. The molecule has 0 saturated heterocycles. The number of anilines is 1. The summed E-state index contributed by atoms with van der Waals surface area (Å²) >= 11 is 0. The first-order chi connectivity index (χ1) is 29.0. The van der Waals surface area contributed by atoms with Gasteiger partial charge in [-0.1, -0.05) is 121 Å². The minimum Gasteiger partial charge on any atom is -0.508 e. The molecule has 0 fully saturated rings. The number of amides is 1. The summed E-state index contributed by atoms with van der Waals surface area (Å²) in [6, 6.07) is 20.6. The fraction of sp³-hybridized carbons (Fsp3) is 0.458. The van der Waals surface area contributed by atoms with Crippen LogP contribution in [0.25, 0.3) is 11.1 Å². The maximum Gasteiger partial charge on any atom is 0.280 e. The van der Waals surface area contributed by atoms with E-state index in [2.05, 4.69) is 22.3 Å². The van der Waals surface area contributed by atoms with Gasteiger partial charge in [0.05, 0.1) is 35.3 Å². The van der Waals surface area contributed by atoms with E-state index in [0.29, 0.717) is 34.9 Å². The summed E-state index contributed by atoms with van der Waals surface area (Å²) < 4.78 is 40.2. The lowest BCUT2D eigenvalue weighted by Crippen LogP contribution is -2.29. The number of aryl methyl sites for hydroxylation is 1. The van der Waals surface area contributed by atoms with Gasteiger partial charge in [-0.2, -0.15) is 20.3 Å². The fourth-order valence-corrected chi connectivity index (χ4v) is 9.05. The monoisotopic (exact) mass is 838 g/mol. The maximum atomic E-state index is 14.3. The number of azo groups is 1. The highest BCUT2D eigenvalue weighted by molar-refractivity contribution is 7.91. The predicted molar refractivity (Wildman–Crippen MR) is 240 cm³/mol. The van der Waals surface area contributed by atoms with Crippen molar-refractivity contribution >= 4 is 32.8 Å². The molecule has 0 aromatic heterocycles. The van der Waals surface area contributed by atoms with Crippen molar-refractivity contribution in [3.63, 3.8) is 0 Å². The van der Waals surface area contributed by atoms with E-state index in [-0.39, 0.29) is 39.0 Å². The molecule has 12 heteroatoms. The third kappa shape index (κ3) is 11.7. The van der Waals surface area contributed by atoms with Crippen LogP contribution in [0.5, 0.6) is 23.0 Å². The standard InChI is InChI=1S/C48H62N4O7S/c1-6-7-8-9-10-11-12-13-14-15-16-17-18-22-31-59-39-27-25-37(26-28-39)45-44(42(53)32-34(2)47(45)54)36(4)60(56,57)40-29-30-43(58-5)41(33-40)49-50-46-35(3)51-52(48(46)55)38-23-20-19-21-24-38/h19-21,23-30,32-33,36,46,53-54H,6-18,22,31H2,1-5H3/t36-,46+/m0/s1. The largest absolute Gasteiger partial charge is 0.508 e. The van der Waals surface area contributed by atoms with Gasteiger partial charge in [0.15, 0.2) is 15.9 Å². The Morgan fingerprint density at radius 3 is 2.00 bits per heavy atom. The molecule has 0 aliphatic carbocycles. The van der Waals surface area contributed by atoms with Gasteiger partial charge in [0.25, 0.3) is 5.91 Å². The molecule has 5 rings (SSSR count). The number of phenols is 2. The predicted octanol–water partition coefficient (Wildman–Crippen LogP) is 12.4. The number of hydrogen-bond donors (Lipinski definition) is 2. The van der Waals surface area contributed by atoms with Crippen molar-refractivity contribution in [1.82, 2.24) is 0 Å². The first-order valence-corrected chi connectivity index (χ1v) is 23.1. The van der Waals surface area contributed by atoms with Crippen LogP contribution < -0.4 is 14.5 Å². The van der Waals surface area contributed by atoms with E-state index >= 15 is 0 Å². The molecule has 0 spiro atoms. The summed E-state index contributed by atoms with van der Waals surface area (Å²) in [5.74, 6) is 0.118. The van der Waals surface area contributed by atoms with Crippen molar-refractivity contribution in [2.75, 3.05) is 18.7 Å². The first kappa shape index (κ1) is 45.8. The van der Waals surface area contributed by atoms with Crippen LogP contribution in [-0.2, 0) is 14.6 Å². The van der Waals surface area contributed by atoms with E-state index in [1.165, 1.54) is 120 Å². The van der Waals surface area contributed by atoms with Crippen molar-refractivity contribution in [2.45, 2.75) is 134 Å². The Labute approximate surface area is 356 Å². The van der Waals surface area contributed by atoms with Gasteiger partial charge in [-0.3, -0.25) is 4.79 Å². The highest BCUT2D eigenvalue weighted by atomic mass is 32.2. The number of carbonyl (C=O) groups is 1. The van der Waals surface area contributed by atoms with Gasteiger partial charge in [-0.05, 0) is 86.8 Å². The number of hydrazone groups is 1. The number of ether oxygens (including phenoxy) is 2. The molecule has 60 heavy (non-hydrogen) atoms. The zero-order chi connectivity index (χ0) is 43.1. The molecule has 0 saturated carbocycles. The van der Waals surface area contributed by atoms with Crippen LogP contribution in [0.1, 0.15) is 127 Å². The Morgan fingerprint density at radius 2 is 1.40 bits per heavy atom. The number of hydrogen-bond acceptors (Lipinski definition) is 10. The highest BCUT2D eigenvalue weighted by Crippen LogP contribution is 2.47. The Morgan fingerprint density at radius 1 is 0.800 bits per heavy atom. The average molecular weight is 839 g/mol. The Balaban J connectivity index is 1.22. The van der Waals surface area contributed by atoms with Crippen molar-refractivity contribution in [3.05, 3.63) is 90.0 Å². The van der Waals surface area contributed by atoms with Crippen LogP contribution in [0.2, 0.25) is 0 Å². The van der Waals surface area contributed by atoms with Crippen molar-refractivity contribution < 1.29 is 32.9 Å². The number of phenolic OH excluding ortho intramolecular Hbond substituents is 2. The molecule has 1 aliphatic heterocycles. The lowest BCUT2D eigenvalue weighted by molar-refractivity contribution is -0.117. The minimum atomic E-state index is -4.22. The SMILES string of the molecule is CCCCCCCCCCCCCCCCOc1ccc(-c2c(O)c(C)cc(O)c2[C@H](C)S(=O)(=O)c2ccc(OC)c(N=N[C@H]3C(=O)N(c4ccccc4)N=C3C)c2)cc1. The number of sulfone groups is 1. The number of unbranched alkanes of at least 4 members (excludes halogenated alkanes) is 13. The lowest BCUT2D eigenvalue weighted by Gasteiger charge is -2.21. The molecular formula is C48H62N4O7S. The number of nitrogens with zero attached hydrogens (tertiary/aromatic N) is 4. The number of benzene rings is 4. The third-order valence-corrected chi connectivity index (χ3v) is 13.2. The van der Waals surface area contributed by atoms with Crippen molar-refractivity contribution in [1.29, 1.82) is 0 Å². The van der Waals surface area contributed by atoms with E-state index < -0.39 is 27.0 Å². The number of rotatable bonds is 24. The molecule has 11 nitrogen and oxygen atoms in total. The highest BCUT2D eigenvalue weighted by Gasteiger charge is 2.35. The lowest BCUT2D eigenvalue weighted by atomic mass is 9.93. The molecule has 0 unspecified atom stereocenters. The Hall–Kier alpha value is -5.23. The Kier molecular flexibility index (Phi) is 17.1. The van der Waals surface area contributed by atoms with Gasteiger partial charge < -0.3 is 19.7 Å². The van der Waals surface area contributed by atoms with E-state index in [1.54, 1.807) is 62.4 Å². The van der Waals surface area contributed by atoms with Gasteiger partial charge in [0.1, 0.15) is 28.7 Å². The molecule has 1 aliphatic rings. The van der Waals surface area contributed by atoms with Gasteiger partial charge in [-0.25, -0.2) is 8.42 Å². The second kappa shape index (κ2) is 22.4. The van der Waals surface area contributed by atoms with Crippen LogP contribution in [-0.4, -0.2) is 50.0 Å². The van der Waals surface area contributed by atoms with E-state index in [4.69, 9.17) is 9.47 Å². The van der Waals surface area contributed by atoms with E-state index in [9.17, 15) is 23.4 Å². The summed E-state index contributed by atoms with van der Waals surface area (Å²) in [6.07, 6.45) is 18.0. The van der Waals surface area contributed by atoms with Crippen molar-refractivity contribution in [3.8, 4) is 34.1 Å². The number of carbonyl (C=O) groups excluding carboxylic acids is 1. The number of para-hydroxylation sites is 1. The minimum absolute atomic E-state index is 0.0533. The maximum absolute atomic E-state index is 14.3. The topological polar surface area (TPSA) is 150 Å². The van der Waals surface area contributed by atoms with Crippen LogP contribution in [0, 0.1) is 6.92 Å². The fourth-order valence-electron chi connectivity index (χ4n) is 7.56. The first-order valence-electron chi connectivity index (χ1n) is 21.5.